The second-order valence-electron chi connectivity index (χ2n) is 5.20. The highest BCUT2D eigenvalue weighted by Crippen LogP contribution is 2.17. The molecular formula is C16H19FN4S. The highest BCUT2D eigenvalue weighted by Gasteiger charge is 2.18. The molecule has 0 saturated carbocycles. The number of rotatable bonds is 3. The molecule has 6 heteroatoms. The van der Waals surface area contributed by atoms with E-state index in [9.17, 15) is 4.39 Å². The molecule has 0 amide bonds. The van der Waals surface area contributed by atoms with Crippen molar-refractivity contribution in [3.05, 3.63) is 52.5 Å². The Balaban J connectivity index is 1.54. The molecule has 1 fully saturated rings. The smallest absolute Gasteiger partial charge is 0.191 e. The highest BCUT2D eigenvalue weighted by molar-refractivity contribution is 7.09. The first-order valence-corrected chi connectivity index (χ1v) is 8.18. The summed E-state index contributed by atoms with van der Waals surface area (Å²) in [6, 6.07) is 10.7. The summed E-state index contributed by atoms with van der Waals surface area (Å²) in [4.78, 5) is 10.0. The quantitative estimate of drug-likeness (QED) is 0.699. The number of hydrogen-bond donors (Lipinski definition) is 1. The third-order valence-electron chi connectivity index (χ3n) is 3.77. The van der Waals surface area contributed by atoms with E-state index in [2.05, 4.69) is 20.9 Å². The summed E-state index contributed by atoms with van der Waals surface area (Å²) in [5.74, 6) is 0.402. The lowest BCUT2D eigenvalue weighted by Gasteiger charge is -2.36. The minimum Gasteiger partial charge on any atom is -0.370 e. The summed E-state index contributed by atoms with van der Waals surface area (Å²) in [5, 5.41) is 2.04. The van der Waals surface area contributed by atoms with Crippen molar-refractivity contribution in [3.63, 3.8) is 0 Å². The summed E-state index contributed by atoms with van der Waals surface area (Å²) >= 11 is 1.69. The Morgan fingerprint density at radius 1 is 1.14 bits per heavy atom. The molecule has 0 unspecified atom stereocenters. The van der Waals surface area contributed by atoms with Crippen LogP contribution in [0, 0.1) is 5.82 Å². The van der Waals surface area contributed by atoms with E-state index in [0.717, 1.165) is 31.9 Å². The molecule has 1 aliphatic rings. The number of benzene rings is 1. The molecule has 116 valence electrons. The predicted octanol–water partition coefficient (Wildman–Crippen LogP) is 2.52. The molecule has 1 aliphatic heterocycles. The van der Waals surface area contributed by atoms with Crippen LogP contribution in [0.15, 0.2) is 46.8 Å². The van der Waals surface area contributed by atoms with Gasteiger partial charge in [0.2, 0.25) is 0 Å². The molecule has 0 radical (unpaired) electrons. The van der Waals surface area contributed by atoms with Crippen LogP contribution in [0.2, 0.25) is 0 Å². The van der Waals surface area contributed by atoms with E-state index in [0.29, 0.717) is 12.5 Å². The van der Waals surface area contributed by atoms with Crippen molar-refractivity contribution < 1.29 is 4.39 Å². The number of nitrogens with two attached hydrogens (primary N) is 1. The van der Waals surface area contributed by atoms with Gasteiger partial charge in [-0.3, -0.25) is 0 Å². The lowest BCUT2D eigenvalue weighted by atomic mass is 10.2. The van der Waals surface area contributed by atoms with Gasteiger partial charge < -0.3 is 15.5 Å². The highest BCUT2D eigenvalue weighted by atomic mass is 32.1. The molecule has 4 nitrogen and oxygen atoms in total. The van der Waals surface area contributed by atoms with Gasteiger partial charge in [-0.05, 0) is 35.7 Å². The average molecular weight is 318 g/mol. The molecule has 3 rings (SSSR count). The zero-order chi connectivity index (χ0) is 15.4. The number of piperazine rings is 1. The van der Waals surface area contributed by atoms with Crippen molar-refractivity contribution in [2.75, 3.05) is 31.1 Å². The van der Waals surface area contributed by atoms with Gasteiger partial charge in [-0.25, -0.2) is 9.38 Å². The first kappa shape index (κ1) is 14.8. The van der Waals surface area contributed by atoms with Crippen LogP contribution < -0.4 is 10.6 Å². The maximum absolute atomic E-state index is 13.0. The van der Waals surface area contributed by atoms with Crippen molar-refractivity contribution in [2.45, 2.75) is 6.54 Å². The van der Waals surface area contributed by atoms with Crippen molar-refractivity contribution in [2.24, 2.45) is 10.7 Å². The van der Waals surface area contributed by atoms with E-state index >= 15 is 0 Å². The fourth-order valence-corrected chi connectivity index (χ4v) is 3.14. The maximum Gasteiger partial charge on any atom is 0.191 e. The second kappa shape index (κ2) is 6.79. The molecule has 2 N–H and O–H groups in total. The topological polar surface area (TPSA) is 44.9 Å². The lowest BCUT2D eigenvalue weighted by Crippen LogP contribution is -2.51. The van der Waals surface area contributed by atoms with Crippen molar-refractivity contribution >= 4 is 23.0 Å². The molecule has 22 heavy (non-hydrogen) atoms. The van der Waals surface area contributed by atoms with Gasteiger partial charge in [0.15, 0.2) is 5.96 Å². The van der Waals surface area contributed by atoms with E-state index in [4.69, 9.17) is 5.73 Å². The number of guanidine groups is 1. The normalized spacial score (nSPS) is 16.1. The molecule has 1 aromatic heterocycles. The van der Waals surface area contributed by atoms with Crippen molar-refractivity contribution in [1.82, 2.24) is 4.90 Å². The number of aliphatic imine (C=N–C) groups is 1. The van der Waals surface area contributed by atoms with Crippen molar-refractivity contribution in [3.8, 4) is 0 Å². The molecule has 0 atom stereocenters. The Morgan fingerprint density at radius 3 is 2.50 bits per heavy atom. The Kier molecular flexibility index (Phi) is 4.58. The Hall–Kier alpha value is -2.08. The monoisotopic (exact) mass is 318 g/mol. The minimum absolute atomic E-state index is 0.202. The fraction of sp³-hybridized carbons (Fsp3) is 0.312. The maximum atomic E-state index is 13.0. The van der Waals surface area contributed by atoms with Crippen LogP contribution in [0.4, 0.5) is 10.1 Å². The average Bonchev–Trinajstić information content (AvgIpc) is 3.07. The first-order chi connectivity index (χ1) is 10.7. The van der Waals surface area contributed by atoms with Crippen LogP contribution in [-0.4, -0.2) is 37.0 Å². The van der Waals surface area contributed by atoms with E-state index in [1.54, 1.807) is 11.3 Å². The third-order valence-corrected chi connectivity index (χ3v) is 4.63. The standard InChI is InChI=1S/C16H19FN4S/c17-13-3-5-14(6-4-13)20-7-9-21(10-8-20)16(18)19-12-15-2-1-11-22-15/h1-6,11H,7-10,12H2,(H2,18,19). The Morgan fingerprint density at radius 2 is 1.86 bits per heavy atom. The molecular weight excluding hydrogens is 299 g/mol. The first-order valence-electron chi connectivity index (χ1n) is 7.30. The van der Waals surface area contributed by atoms with Gasteiger partial charge in [0.25, 0.3) is 0 Å². The van der Waals surface area contributed by atoms with E-state index in [1.165, 1.54) is 17.0 Å². The zero-order valence-electron chi connectivity index (χ0n) is 12.3. The summed E-state index contributed by atoms with van der Waals surface area (Å²) in [5.41, 5.74) is 7.13. The zero-order valence-corrected chi connectivity index (χ0v) is 13.1. The third kappa shape index (κ3) is 3.57. The van der Waals surface area contributed by atoms with Gasteiger partial charge >= 0.3 is 0 Å². The molecule has 1 saturated heterocycles. The van der Waals surface area contributed by atoms with Gasteiger partial charge in [0, 0.05) is 36.7 Å². The molecule has 0 spiro atoms. The van der Waals surface area contributed by atoms with Crippen molar-refractivity contribution in [1.29, 1.82) is 0 Å². The van der Waals surface area contributed by atoms with Crippen LogP contribution in [0.3, 0.4) is 0 Å². The number of anilines is 1. The van der Waals surface area contributed by atoms with Crippen LogP contribution in [0.5, 0.6) is 0 Å². The summed E-state index contributed by atoms with van der Waals surface area (Å²) in [6.07, 6.45) is 0. The molecule has 1 aromatic carbocycles. The number of halogens is 1. The molecule has 0 bridgehead atoms. The van der Waals surface area contributed by atoms with Crippen LogP contribution >= 0.6 is 11.3 Å². The summed E-state index contributed by atoms with van der Waals surface area (Å²) < 4.78 is 13.0. The Labute approximate surface area is 133 Å². The summed E-state index contributed by atoms with van der Waals surface area (Å²) in [6.45, 7) is 4.03. The van der Waals surface area contributed by atoms with Crippen LogP contribution in [-0.2, 0) is 6.54 Å². The van der Waals surface area contributed by atoms with E-state index in [-0.39, 0.29) is 5.82 Å². The van der Waals surface area contributed by atoms with Gasteiger partial charge in [0.1, 0.15) is 5.82 Å². The number of nitrogens with zero attached hydrogens (tertiary/aromatic N) is 3. The SMILES string of the molecule is NC(=NCc1cccs1)N1CCN(c2ccc(F)cc2)CC1. The summed E-state index contributed by atoms with van der Waals surface area (Å²) in [7, 11) is 0. The van der Waals surface area contributed by atoms with Gasteiger partial charge in [-0.15, -0.1) is 11.3 Å². The Bertz CT molecular complexity index is 616. The van der Waals surface area contributed by atoms with Crippen LogP contribution in [0.25, 0.3) is 0 Å². The van der Waals surface area contributed by atoms with E-state index < -0.39 is 0 Å². The minimum atomic E-state index is -0.202. The van der Waals surface area contributed by atoms with Gasteiger partial charge in [-0.2, -0.15) is 0 Å². The lowest BCUT2D eigenvalue weighted by molar-refractivity contribution is 0.380. The number of hydrogen-bond acceptors (Lipinski definition) is 3. The second-order valence-corrected chi connectivity index (χ2v) is 6.24. The van der Waals surface area contributed by atoms with Gasteiger partial charge in [-0.1, -0.05) is 6.07 Å². The fourth-order valence-electron chi connectivity index (χ4n) is 2.51. The molecule has 2 aromatic rings. The molecule has 2 heterocycles. The largest absolute Gasteiger partial charge is 0.370 e. The van der Waals surface area contributed by atoms with Crippen LogP contribution in [0.1, 0.15) is 4.88 Å². The predicted molar refractivity (Wildman–Crippen MR) is 89.8 cm³/mol. The van der Waals surface area contributed by atoms with E-state index in [1.807, 2.05) is 23.6 Å². The number of thiophene rings is 1. The molecule has 0 aliphatic carbocycles. The van der Waals surface area contributed by atoms with Gasteiger partial charge in [0.05, 0.1) is 6.54 Å².